The van der Waals surface area contributed by atoms with E-state index in [9.17, 15) is 0 Å². The van der Waals surface area contributed by atoms with Crippen molar-refractivity contribution < 1.29 is 4.74 Å². The van der Waals surface area contributed by atoms with Gasteiger partial charge in [0.05, 0.1) is 0 Å². The molecule has 0 radical (unpaired) electrons. The van der Waals surface area contributed by atoms with Crippen molar-refractivity contribution in [1.29, 1.82) is 0 Å². The SMILES string of the molecule is CCC1CCCCC1Oc1ccc(C(C)NC)cn1. The highest BCUT2D eigenvalue weighted by Crippen LogP contribution is 2.30. The minimum atomic E-state index is 0.333. The average Bonchev–Trinajstić information content (AvgIpc) is 2.48. The van der Waals surface area contributed by atoms with Crippen LogP contribution in [0.1, 0.15) is 57.6 Å². The van der Waals surface area contributed by atoms with Gasteiger partial charge in [-0.25, -0.2) is 4.98 Å². The van der Waals surface area contributed by atoms with Gasteiger partial charge in [-0.2, -0.15) is 0 Å². The molecule has 1 aromatic rings. The molecule has 0 aromatic carbocycles. The van der Waals surface area contributed by atoms with Crippen LogP contribution in [0, 0.1) is 5.92 Å². The lowest BCUT2D eigenvalue weighted by Gasteiger charge is -2.30. The van der Waals surface area contributed by atoms with E-state index in [0.717, 1.165) is 5.88 Å². The summed E-state index contributed by atoms with van der Waals surface area (Å²) in [4.78, 5) is 4.45. The van der Waals surface area contributed by atoms with Crippen molar-refractivity contribution in [3.63, 3.8) is 0 Å². The molecule has 1 aromatic heterocycles. The molecule has 19 heavy (non-hydrogen) atoms. The summed E-state index contributed by atoms with van der Waals surface area (Å²) in [5.74, 6) is 1.48. The molecule has 1 aliphatic rings. The van der Waals surface area contributed by atoms with Crippen LogP contribution >= 0.6 is 0 Å². The van der Waals surface area contributed by atoms with Crippen molar-refractivity contribution in [2.45, 2.75) is 58.1 Å². The summed E-state index contributed by atoms with van der Waals surface area (Å²) in [5, 5.41) is 3.22. The van der Waals surface area contributed by atoms with Crippen LogP contribution in [0.2, 0.25) is 0 Å². The molecule has 0 bridgehead atoms. The molecule has 1 aliphatic carbocycles. The van der Waals surface area contributed by atoms with Crippen molar-refractivity contribution in [1.82, 2.24) is 10.3 Å². The molecule has 2 rings (SSSR count). The monoisotopic (exact) mass is 262 g/mol. The normalized spacial score (nSPS) is 25.0. The molecule has 1 saturated carbocycles. The lowest BCUT2D eigenvalue weighted by Crippen LogP contribution is -2.30. The first-order chi connectivity index (χ1) is 9.24. The fraction of sp³-hybridized carbons (Fsp3) is 0.688. The molecule has 1 heterocycles. The van der Waals surface area contributed by atoms with Gasteiger partial charge in [0.2, 0.25) is 5.88 Å². The molecule has 0 spiro atoms. The summed E-state index contributed by atoms with van der Waals surface area (Å²) >= 11 is 0. The number of hydrogen-bond donors (Lipinski definition) is 1. The molecular formula is C16H26N2O. The van der Waals surface area contributed by atoms with E-state index in [1.54, 1.807) is 0 Å². The summed E-state index contributed by atoms with van der Waals surface area (Å²) in [6.45, 7) is 4.39. The van der Waals surface area contributed by atoms with Gasteiger partial charge in [-0.1, -0.05) is 19.4 Å². The largest absolute Gasteiger partial charge is 0.474 e. The van der Waals surface area contributed by atoms with Gasteiger partial charge in [0.1, 0.15) is 6.10 Å². The number of rotatable bonds is 5. The van der Waals surface area contributed by atoms with Gasteiger partial charge < -0.3 is 10.1 Å². The summed E-state index contributed by atoms with van der Waals surface area (Å²) in [5.41, 5.74) is 1.20. The molecule has 0 saturated heterocycles. The molecule has 3 nitrogen and oxygen atoms in total. The molecule has 3 heteroatoms. The Bertz CT molecular complexity index is 377. The molecule has 106 valence electrons. The van der Waals surface area contributed by atoms with Gasteiger partial charge in [0, 0.05) is 18.3 Å². The van der Waals surface area contributed by atoms with E-state index < -0.39 is 0 Å². The average molecular weight is 262 g/mol. The molecule has 3 atom stereocenters. The lowest BCUT2D eigenvalue weighted by molar-refractivity contribution is 0.0858. The zero-order chi connectivity index (χ0) is 13.7. The minimum absolute atomic E-state index is 0.333. The fourth-order valence-corrected chi connectivity index (χ4v) is 2.84. The van der Waals surface area contributed by atoms with E-state index in [0.29, 0.717) is 18.1 Å². The van der Waals surface area contributed by atoms with Gasteiger partial charge in [0.15, 0.2) is 0 Å². The van der Waals surface area contributed by atoms with E-state index in [-0.39, 0.29) is 0 Å². The lowest BCUT2D eigenvalue weighted by atomic mass is 9.85. The zero-order valence-electron chi connectivity index (χ0n) is 12.4. The van der Waals surface area contributed by atoms with Crippen molar-refractivity contribution >= 4 is 0 Å². The Balaban J connectivity index is 1.98. The fourth-order valence-electron chi connectivity index (χ4n) is 2.84. The summed E-state index contributed by atoms with van der Waals surface area (Å²) in [7, 11) is 1.96. The first-order valence-corrected chi connectivity index (χ1v) is 7.54. The number of nitrogens with zero attached hydrogens (tertiary/aromatic N) is 1. The van der Waals surface area contributed by atoms with Crippen LogP contribution in [0.15, 0.2) is 18.3 Å². The van der Waals surface area contributed by atoms with Crippen LogP contribution in [0.5, 0.6) is 5.88 Å². The Hall–Kier alpha value is -1.09. The highest BCUT2D eigenvalue weighted by Gasteiger charge is 2.25. The van der Waals surface area contributed by atoms with Gasteiger partial charge in [0.25, 0.3) is 0 Å². The van der Waals surface area contributed by atoms with Crippen LogP contribution in [0.3, 0.4) is 0 Å². The quantitative estimate of drug-likeness (QED) is 0.878. The Morgan fingerprint density at radius 3 is 2.79 bits per heavy atom. The van der Waals surface area contributed by atoms with E-state index >= 15 is 0 Å². The second kappa shape index (κ2) is 6.90. The third-order valence-corrected chi connectivity index (χ3v) is 4.33. The second-order valence-electron chi connectivity index (χ2n) is 5.55. The number of nitrogens with one attached hydrogen (secondary N) is 1. The van der Waals surface area contributed by atoms with Gasteiger partial charge in [-0.3, -0.25) is 0 Å². The smallest absolute Gasteiger partial charge is 0.213 e. The number of ether oxygens (including phenoxy) is 1. The third kappa shape index (κ3) is 3.69. The van der Waals surface area contributed by atoms with Crippen LogP contribution in [0.4, 0.5) is 0 Å². The van der Waals surface area contributed by atoms with Gasteiger partial charge in [-0.15, -0.1) is 0 Å². The number of hydrogen-bond acceptors (Lipinski definition) is 3. The van der Waals surface area contributed by atoms with Crippen LogP contribution in [-0.2, 0) is 0 Å². The molecule has 1 N–H and O–H groups in total. The Morgan fingerprint density at radius 2 is 2.16 bits per heavy atom. The zero-order valence-corrected chi connectivity index (χ0v) is 12.4. The Kier molecular flexibility index (Phi) is 5.20. The van der Waals surface area contributed by atoms with Gasteiger partial charge >= 0.3 is 0 Å². The highest BCUT2D eigenvalue weighted by molar-refractivity contribution is 5.20. The van der Waals surface area contributed by atoms with Gasteiger partial charge in [-0.05, 0) is 51.1 Å². The standard InChI is InChI=1S/C16H26N2O/c1-4-13-7-5-6-8-15(13)19-16-10-9-14(11-18-16)12(2)17-3/h9-13,15,17H,4-8H2,1-3H3. The van der Waals surface area contributed by atoms with E-state index in [1.807, 2.05) is 19.3 Å². The second-order valence-corrected chi connectivity index (χ2v) is 5.55. The number of pyridine rings is 1. The molecule has 0 amide bonds. The van der Waals surface area contributed by atoms with E-state index in [2.05, 4.69) is 30.2 Å². The Morgan fingerprint density at radius 1 is 1.37 bits per heavy atom. The van der Waals surface area contributed by atoms with Crippen molar-refractivity contribution in [3.05, 3.63) is 23.9 Å². The maximum atomic E-state index is 6.10. The molecule has 1 fully saturated rings. The van der Waals surface area contributed by atoms with Crippen LogP contribution in [-0.4, -0.2) is 18.1 Å². The summed E-state index contributed by atoms with van der Waals surface area (Å²) in [6.07, 6.45) is 8.60. The van der Waals surface area contributed by atoms with Crippen molar-refractivity contribution in [3.8, 4) is 5.88 Å². The molecular weight excluding hydrogens is 236 g/mol. The predicted octanol–water partition coefficient (Wildman–Crippen LogP) is 3.71. The summed E-state index contributed by atoms with van der Waals surface area (Å²) in [6, 6.07) is 4.44. The van der Waals surface area contributed by atoms with Crippen LogP contribution < -0.4 is 10.1 Å². The maximum absolute atomic E-state index is 6.10. The van der Waals surface area contributed by atoms with Crippen molar-refractivity contribution in [2.75, 3.05) is 7.05 Å². The number of aromatic nitrogens is 1. The maximum Gasteiger partial charge on any atom is 0.213 e. The first kappa shape index (κ1) is 14.3. The van der Waals surface area contributed by atoms with E-state index in [4.69, 9.17) is 4.74 Å². The first-order valence-electron chi connectivity index (χ1n) is 7.54. The summed E-state index contributed by atoms with van der Waals surface area (Å²) < 4.78 is 6.10. The van der Waals surface area contributed by atoms with E-state index in [1.165, 1.54) is 37.7 Å². The topological polar surface area (TPSA) is 34.1 Å². The minimum Gasteiger partial charge on any atom is -0.474 e. The molecule has 3 unspecified atom stereocenters. The predicted molar refractivity (Wildman–Crippen MR) is 78.4 cm³/mol. The van der Waals surface area contributed by atoms with Crippen molar-refractivity contribution in [2.24, 2.45) is 5.92 Å². The van der Waals surface area contributed by atoms with Crippen LogP contribution in [0.25, 0.3) is 0 Å². The highest BCUT2D eigenvalue weighted by atomic mass is 16.5. The molecule has 0 aliphatic heterocycles. The third-order valence-electron chi connectivity index (χ3n) is 4.33. The Labute approximate surface area is 116 Å².